The summed E-state index contributed by atoms with van der Waals surface area (Å²) in [6.45, 7) is 0.0129. The summed E-state index contributed by atoms with van der Waals surface area (Å²) >= 11 is -0.157. The molecule has 17 heavy (non-hydrogen) atoms. The van der Waals surface area contributed by atoms with Crippen molar-refractivity contribution in [1.82, 2.24) is 9.97 Å². The van der Waals surface area contributed by atoms with Gasteiger partial charge < -0.3 is 10.1 Å². The molecule has 0 amide bonds. The first-order valence-electron chi connectivity index (χ1n) is 4.43. The second kappa shape index (κ2) is 5.89. The van der Waals surface area contributed by atoms with Gasteiger partial charge in [0.05, 0.1) is 13.3 Å². The van der Waals surface area contributed by atoms with Crippen molar-refractivity contribution in [2.24, 2.45) is 0 Å². The molecule has 0 saturated carbocycles. The van der Waals surface area contributed by atoms with E-state index >= 15 is 0 Å². The van der Waals surface area contributed by atoms with Crippen LogP contribution in [0.2, 0.25) is 0 Å². The summed E-state index contributed by atoms with van der Waals surface area (Å²) in [4.78, 5) is 7.17. The number of methoxy groups -OCH3 is 1. The van der Waals surface area contributed by atoms with Gasteiger partial charge in [-0.3, -0.25) is 0 Å². The van der Waals surface area contributed by atoms with Crippen LogP contribution in [0.4, 0.5) is 23.5 Å². The molecule has 1 N–H and O–H groups in total. The van der Waals surface area contributed by atoms with Crippen molar-refractivity contribution in [1.29, 1.82) is 0 Å². The molecule has 0 fully saturated rings. The van der Waals surface area contributed by atoms with E-state index in [1.807, 2.05) is 0 Å². The SMILES string of the molecule is COc1nc(NCCSC(F)(F)F)ncc1F. The summed E-state index contributed by atoms with van der Waals surface area (Å²) in [5, 5.41) is 2.53. The van der Waals surface area contributed by atoms with Crippen molar-refractivity contribution in [2.75, 3.05) is 24.7 Å². The Balaban J connectivity index is 2.42. The Kier molecular flexibility index (Phi) is 4.79. The van der Waals surface area contributed by atoms with E-state index in [1.165, 1.54) is 7.11 Å². The van der Waals surface area contributed by atoms with E-state index < -0.39 is 11.3 Å². The highest BCUT2D eigenvalue weighted by atomic mass is 32.2. The zero-order valence-corrected chi connectivity index (χ0v) is 9.53. The van der Waals surface area contributed by atoms with Crippen molar-refractivity contribution >= 4 is 17.7 Å². The Morgan fingerprint density at radius 3 is 2.76 bits per heavy atom. The predicted molar refractivity (Wildman–Crippen MR) is 55.5 cm³/mol. The summed E-state index contributed by atoms with van der Waals surface area (Å²) in [6.07, 6.45) is 0.880. The van der Waals surface area contributed by atoms with Crippen LogP contribution in [-0.2, 0) is 0 Å². The van der Waals surface area contributed by atoms with Gasteiger partial charge in [-0.2, -0.15) is 22.5 Å². The number of ether oxygens (including phenoxy) is 1. The Bertz CT molecular complexity index is 374. The summed E-state index contributed by atoms with van der Waals surface area (Å²) in [5.41, 5.74) is -4.26. The minimum absolute atomic E-state index is 0.0129. The number of hydrogen-bond donors (Lipinski definition) is 1. The van der Waals surface area contributed by atoms with Crippen LogP contribution >= 0.6 is 11.8 Å². The normalized spacial score (nSPS) is 11.4. The maximum absolute atomic E-state index is 12.9. The first-order valence-corrected chi connectivity index (χ1v) is 5.42. The first kappa shape index (κ1) is 13.8. The Labute approximate surface area is 98.8 Å². The topological polar surface area (TPSA) is 47.0 Å². The lowest BCUT2D eigenvalue weighted by atomic mass is 10.6. The average molecular weight is 271 g/mol. The Morgan fingerprint density at radius 2 is 2.18 bits per heavy atom. The number of nitrogens with zero attached hydrogens (tertiary/aromatic N) is 2. The van der Waals surface area contributed by atoms with Crippen LogP contribution in [-0.4, -0.2) is 34.9 Å². The number of thioether (sulfide) groups is 1. The zero-order chi connectivity index (χ0) is 12.9. The van der Waals surface area contributed by atoms with Gasteiger partial charge in [-0.05, 0) is 11.8 Å². The van der Waals surface area contributed by atoms with Gasteiger partial charge in [0, 0.05) is 12.3 Å². The van der Waals surface area contributed by atoms with E-state index in [2.05, 4.69) is 20.0 Å². The molecule has 0 unspecified atom stereocenters. The van der Waals surface area contributed by atoms with E-state index in [9.17, 15) is 17.6 Å². The quantitative estimate of drug-likeness (QED) is 0.657. The molecule has 1 rings (SSSR count). The molecule has 0 spiro atoms. The standard InChI is InChI=1S/C8H9F4N3OS/c1-16-6-5(9)4-14-7(15-6)13-2-3-17-8(10,11)12/h4H,2-3H2,1H3,(H,13,14,15). The highest BCUT2D eigenvalue weighted by molar-refractivity contribution is 8.00. The molecular weight excluding hydrogens is 262 g/mol. The second-order valence-corrected chi connectivity index (χ2v) is 3.93. The Hall–Kier alpha value is -1.25. The van der Waals surface area contributed by atoms with Gasteiger partial charge in [0.2, 0.25) is 11.8 Å². The number of halogens is 4. The van der Waals surface area contributed by atoms with Crippen LogP contribution in [0.5, 0.6) is 5.88 Å². The highest BCUT2D eigenvalue weighted by Gasteiger charge is 2.27. The summed E-state index contributed by atoms with van der Waals surface area (Å²) in [7, 11) is 1.23. The van der Waals surface area contributed by atoms with Gasteiger partial charge in [-0.25, -0.2) is 4.98 Å². The van der Waals surface area contributed by atoms with E-state index in [0.29, 0.717) is 0 Å². The maximum Gasteiger partial charge on any atom is 0.441 e. The largest absolute Gasteiger partial charge is 0.479 e. The summed E-state index contributed by atoms with van der Waals surface area (Å²) in [6, 6.07) is 0. The van der Waals surface area contributed by atoms with Crippen molar-refractivity contribution in [3.05, 3.63) is 12.0 Å². The van der Waals surface area contributed by atoms with Crippen LogP contribution in [0.1, 0.15) is 0 Å². The molecule has 0 saturated heterocycles. The number of nitrogens with one attached hydrogen (secondary N) is 1. The number of aromatic nitrogens is 2. The molecule has 0 aliphatic rings. The Morgan fingerprint density at radius 1 is 1.47 bits per heavy atom. The fraction of sp³-hybridized carbons (Fsp3) is 0.500. The fourth-order valence-electron chi connectivity index (χ4n) is 0.909. The molecule has 1 aromatic heterocycles. The molecule has 4 nitrogen and oxygen atoms in total. The molecule has 0 radical (unpaired) electrons. The van der Waals surface area contributed by atoms with Crippen LogP contribution < -0.4 is 10.1 Å². The third-order valence-electron chi connectivity index (χ3n) is 1.56. The lowest BCUT2D eigenvalue weighted by Gasteiger charge is -2.07. The molecule has 0 aliphatic heterocycles. The van der Waals surface area contributed by atoms with Crippen molar-refractivity contribution in [3.63, 3.8) is 0 Å². The molecule has 0 atom stereocenters. The third kappa shape index (κ3) is 5.07. The highest BCUT2D eigenvalue weighted by Crippen LogP contribution is 2.29. The third-order valence-corrected chi connectivity index (χ3v) is 2.29. The minimum Gasteiger partial charge on any atom is -0.479 e. The predicted octanol–water partition coefficient (Wildman–Crippen LogP) is 2.29. The monoisotopic (exact) mass is 271 g/mol. The molecule has 0 aliphatic carbocycles. The number of rotatable bonds is 5. The molecule has 9 heteroatoms. The van der Waals surface area contributed by atoms with Gasteiger partial charge in [0.25, 0.3) is 5.88 Å². The van der Waals surface area contributed by atoms with Gasteiger partial charge in [-0.15, -0.1) is 0 Å². The molecule has 1 heterocycles. The minimum atomic E-state index is -4.26. The summed E-state index contributed by atoms with van der Waals surface area (Å²) in [5.74, 6) is -1.16. The lowest BCUT2D eigenvalue weighted by molar-refractivity contribution is -0.0327. The number of alkyl halides is 3. The van der Waals surface area contributed by atoms with Crippen molar-refractivity contribution in [2.45, 2.75) is 5.51 Å². The van der Waals surface area contributed by atoms with Gasteiger partial charge in [-0.1, -0.05) is 0 Å². The maximum atomic E-state index is 12.9. The van der Waals surface area contributed by atoms with Gasteiger partial charge in [0.1, 0.15) is 0 Å². The van der Waals surface area contributed by atoms with Gasteiger partial charge >= 0.3 is 5.51 Å². The van der Waals surface area contributed by atoms with Crippen LogP contribution in [0.15, 0.2) is 6.20 Å². The zero-order valence-electron chi connectivity index (χ0n) is 8.71. The van der Waals surface area contributed by atoms with E-state index in [1.54, 1.807) is 0 Å². The van der Waals surface area contributed by atoms with Crippen LogP contribution in [0.25, 0.3) is 0 Å². The second-order valence-electron chi connectivity index (χ2n) is 2.77. The van der Waals surface area contributed by atoms with E-state index in [0.717, 1.165) is 6.20 Å². The van der Waals surface area contributed by atoms with E-state index in [4.69, 9.17) is 0 Å². The average Bonchev–Trinajstić information content (AvgIpc) is 2.25. The molecule has 0 bridgehead atoms. The number of hydrogen-bond acceptors (Lipinski definition) is 5. The van der Waals surface area contributed by atoms with Crippen molar-refractivity contribution in [3.8, 4) is 5.88 Å². The molecule has 0 aromatic carbocycles. The van der Waals surface area contributed by atoms with E-state index in [-0.39, 0.29) is 35.9 Å². The van der Waals surface area contributed by atoms with Crippen LogP contribution in [0, 0.1) is 5.82 Å². The lowest BCUT2D eigenvalue weighted by Crippen LogP contribution is -2.11. The smallest absolute Gasteiger partial charge is 0.441 e. The van der Waals surface area contributed by atoms with Crippen molar-refractivity contribution < 1.29 is 22.3 Å². The van der Waals surface area contributed by atoms with Crippen LogP contribution in [0.3, 0.4) is 0 Å². The fourth-order valence-corrected chi connectivity index (χ4v) is 1.34. The van der Waals surface area contributed by atoms with Gasteiger partial charge in [0.15, 0.2) is 0 Å². The number of anilines is 1. The molecule has 96 valence electrons. The molecule has 1 aromatic rings. The first-order chi connectivity index (χ1) is 7.92. The summed E-state index contributed by atoms with van der Waals surface area (Å²) < 4.78 is 52.8. The molecular formula is C8H9F4N3OS.